The number of nitrogen functional groups attached to an aromatic ring is 4. The molecule has 696 valence electrons. The number of carbonyl (C=O) groups is 12. The maximum absolute atomic E-state index is 12.3. The van der Waals surface area contributed by atoms with E-state index >= 15 is 0 Å². The van der Waals surface area contributed by atoms with Crippen LogP contribution in [0.2, 0.25) is 0 Å². The fraction of sp³-hybridized carbons (Fsp3) is 0.247. The number of aromatic nitrogens is 8. The summed E-state index contributed by atoms with van der Waals surface area (Å²) in [6.07, 6.45) is -1.95. The number of anilines is 16. The predicted molar refractivity (Wildman–Crippen MR) is 474 cm³/mol. The molecule has 8 aromatic rings. The third kappa shape index (κ3) is 28.9. The van der Waals surface area contributed by atoms with E-state index in [2.05, 4.69) is 151 Å². The normalized spacial score (nSPS) is 15.1. The molecule has 4 aromatic carbocycles. The summed E-state index contributed by atoms with van der Waals surface area (Å²) in [5.41, 5.74) is 23.5. The third-order valence-electron chi connectivity index (χ3n) is 19.4. The fourth-order valence-corrected chi connectivity index (χ4v) is 12.4. The van der Waals surface area contributed by atoms with Crippen molar-refractivity contribution in [1.29, 1.82) is 0 Å². The van der Waals surface area contributed by atoms with Crippen LogP contribution in [0.15, 0.2) is 165 Å². The van der Waals surface area contributed by atoms with Gasteiger partial charge in [0, 0.05) is 123 Å². The summed E-state index contributed by atoms with van der Waals surface area (Å²) < 4.78 is 0. The summed E-state index contributed by atoms with van der Waals surface area (Å²) in [6.45, 7) is 16.6. The molecule has 0 fully saturated rings. The number of carboxylic acids is 8. The van der Waals surface area contributed by atoms with Gasteiger partial charge in [0.15, 0.2) is 23.3 Å². The number of carbonyl (C=O) groups excluding carboxylic acids is 8. The average Bonchev–Trinajstić information content (AvgIpc) is 0.818. The minimum absolute atomic E-state index is 0. The Morgan fingerprint density at radius 3 is 0.662 bits per heavy atom. The Morgan fingerprint density at radius 2 is 0.504 bits per heavy atom. The minimum atomic E-state index is -1.58. The van der Waals surface area contributed by atoms with Crippen molar-refractivity contribution in [3.05, 3.63) is 217 Å². The first kappa shape index (κ1) is 100. The number of amides is 4. The van der Waals surface area contributed by atoms with Crippen LogP contribution < -0.4 is 151 Å². The number of H-pyrrole nitrogens is 4. The summed E-state index contributed by atoms with van der Waals surface area (Å²) in [7, 11) is 0. The van der Waals surface area contributed by atoms with Gasteiger partial charge in [0.25, 0.3) is 45.9 Å². The maximum atomic E-state index is 12.3. The number of nitrogens with zero attached hydrogens (tertiary/aromatic N) is 4. The topological polar surface area (TPSA) is 858 Å². The van der Waals surface area contributed by atoms with E-state index < -0.39 is 144 Å². The molecule has 0 saturated heterocycles. The van der Waals surface area contributed by atoms with Crippen molar-refractivity contribution < 1.29 is 98.4 Å². The van der Waals surface area contributed by atoms with Crippen LogP contribution in [0.4, 0.5) is 92.6 Å². The first-order valence-electron chi connectivity index (χ1n) is 39.2. The van der Waals surface area contributed by atoms with Gasteiger partial charge in [-0.3, -0.25) is 58.3 Å². The van der Waals surface area contributed by atoms with Gasteiger partial charge in [-0.15, -0.1) is 0 Å². The van der Waals surface area contributed by atoms with Gasteiger partial charge in [0.05, 0.1) is 48.0 Å². The Bertz CT molecular complexity index is 5300. The second kappa shape index (κ2) is 45.8. The molecule has 133 heavy (non-hydrogen) atoms. The Labute approximate surface area is 750 Å². The Hall–Kier alpha value is -18.2. The van der Waals surface area contributed by atoms with Gasteiger partial charge in [-0.1, -0.05) is 26.3 Å². The van der Waals surface area contributed by atoms with Gasteiger partial charge in [-0.05, 0) is 119 Å². The third-order valence-corrected chi connectivity index (χ3v) is 19.4. The molecule has 0 radical (unpaired) electrons. The number of aromatic amines is 4. The molecule has 0 spiro atoms. The molecule has 12 rings (SSSR count). The van der Waals surface area contributed by atoms with Gasteiger partial charge in [0.1, 0.15) is 46.9 Å². The second-order valence-electron chi connectivity index (χ2n) is 29.3. The van der Waals surface area contributed by atoms with E-state index in [0.717, 1.165) is 0 Å². The first-order valence-corrected chi connectivity index (χ1v) is 39.2. The van der Waals surface area contributed by atoms with E-state index in [1.165, 1.54) is 48.5 Å². The number of benzene rings is 4. The van der Waals surface area contributed by atoms with E-state index in [1.54, 1.807) is 48.5 Å². The molecule has 32 N–H and O–H groups in total. The number of hydrogen-bond acceptors (Lipinski definition) is 40. The summed E-state index contributed by atoms with van der Waals surface area (Å²) >= 11 is 0. The first-order chi connectivity index (χ1) is 62.5. The zero-order chi connectivity index (χ0) is 96.5. The largest absolute Gasteiger partial charge is 4.00 e. The monoisotopic (exact) mass is 1840 g/mol. The van der Waals surface area contributed by atoms with Crippen LogP contribution in [-0.4, -0.2) is 232 Å². The second-order valence-corrected chi connectivity index (χ2v) is 29.3. The van der Waals surface area contributed by atoms with Crippen molar-refractivity contribution in [1.82, 2.24) is 61.1 Å². The molecule has 8 heterocycles. The number of hydrogen-bond donors (Lipinski definition) is 28. The van der Waals surface area contributed by atoms with E-state index in [9.17, 15) is 118 Å². The molecule has 4 aliphatic heterocycles. The van der Waals surface area contributed by atoms with Crippen LogP contribution in [-0.2, 0) is 38.4 Å². The molecule has 4 aromatic heterocycles. The molecule has 0 saturated carbocycles. The zero-order valence-electron chi connectivity index (χ0n) is 69.7. The van der Waals surface area contributed by atoms with Crippen LogP contribution in [0, 0.1) is 7.43 Å². The number of carboxylic acid groups (broad SMARTS) is 8. The number of fused-ring (bicyclic) bond motifs is 4. The maximum Gasteiger partial charge on any atom is 4.00 e. The molecule has 52 nitrogen and oxygen atoms in total. The van der Waals surface area contributed by atoms with Crippen molar-refractivity contribution in [2.24, 2.45) is 0 Å². The molecular formula is C81H88N28O24. The number of aliphatic carboxylic acids is 8. The van der Waals surface area contributed by atoms with Crippen molar-refractivity contribution in [2.75, 3.05) is 139 Å². The number of rotatable bonds is 36. The molecule has 52 heteroatoms. The van der Waals surface area contributed by atoms with Crippen LogP contribution in [0.5, 0.6) is 0 Å². The number of nitrogens with one attached hydrogen (secondary N) is 20. The standard InChI is InChI=1S/4C20H23N7O6.C/c4*1-9(18(30)31)6-13(19(32)33)25-16(28)10-2-4-11(5-3-10)22-7-12-8-23-15-14(24-12)17(29)27-20(21)26-15;/h4*2-5,12-13,22,24H,1,6-8H2,(H,25,28)(H,30,31)(H,32,33)(H4,21,23,26,27,29);/q;;;;+4/p-4/t4*12?,13-;/m0000./s1. The summed E-state index contributed by atoms with van der Waals surface area (Å²) in [6, 6.07) is 18.6. The fourth-order valence-electron chi connectivity index (χ4n) is 12.4. The van der Waals surface area contributed by atoms with Crippen molar-refractivity contribution in [2.45, 2.75) is 74.0 Å². The molecule has 0 aliphatic carbocycles. The van der Waals surface area contributed by atoms with Gasteiger partial charge >= 0.3 is 31.3 Å². The van der Waals surface area contributed by atoms with Crippen molar-refractivity contribution in [3.8, 4) is 0 Å². The van der Waals surface area contributed by atoms with Crippen LogP contribution in [0.25, 0.3) is 0 Å². The van der Waals surface area contributed by atoms with Gasteiger partial charge in [-0.2, -0.15) is 19.9 Å². The van der Waals surface area contributed by atoms with Gasteiger partial charge < -0.3 is 168 Å². The molecule has 4 aliphatic rings. The van der Waals surface area contributed by atoms with Gasteiger partial charge in [0.2, 0.25) is 23.8 Å². The summed E-state index contributed by atoms with van der Waals surface area (Å²) in [4.78, 5) is 211. The molecule has 4 amide bonds. The SMILES string of the molecule is C=C(C[C@H](NC(=O)c1ccc(NCC2CNc3nc(N)[nH]c(=O)c3N2)cc1)C(=O)O)C(=O)[O-].C=C(C[C@H](NC(=O)c1ccc(NCC2CNc3nc(N)[nH]c(=O)c3N2)cc1)C(=O)O)C(=O)[O-].C=C(C[C@H](NC(=O)c1ccc(NCC2CNc3nc(N)[nH]c(=O)c3N2)cc1)C(=O)O)C(=O)[O-].C=C(C[C@H](NC(=O)c1ccc(NCC2CNc3nc(N)[nH]c(=O)c3N2)cc1)C(=O)O)C(=O)[O-].[C+4]. The quantitative estimate of drug-likeness (QED) is 0.0163. The molecule has 4 unspecified atom stereocenters. The zero-order valence-corrected chi connectivity index (χ0v) is 69.7. The van der Waals surface area contributed by atoms with Crippen LogP contribution in [0.1, 0.15) is 67.1 Å². The number of nitrogens with two attached hydrogens (primary N) is 4. The minimum Gasteiger partial charge on any atom is -0.545 e. The van der Waals surface area contributed by atoms with Crippen LogP contribution in [0.3, 0.4) is 0 Å². The summed E-state index contributed by atoms with van der Waals surface area (Å²) in [5, 5.41) is 126. The molecule has 0 bridgehead atoms. The van der Waals surface area contributed by atoms with Gasteiger partial charge in [-0.25, -0.2) is 19.2 Å². The molecule has 8 atom stereocenters. The Kier molecular flexibility index (Phi) is 34.5. The predicted octanol–water partition coefficient (Wildman–Crippen LogP) is -5.72. The van der Waals surface area contributed by atoms with E-state index in [1.807, 2.05) is 0 Å². The van der Waals surface area contributed by atoms with E-state index in [0.29, 0.717) is 121 Å². The molecular weight excluding hydrogens is 1750 g/mol. The van der Waals surface area contributed by atoms with Crippen molar-refractivity contribution >= 4 is 164 Å². The average molecular weight is 1840 g/mol. The van der Waals surface area contributed by atoms with Crippen LogP contribution >= 0.6 is 0 Å². The summed E-state index contributed by atoms with van der Waals surface area (Å²) in [5.74, 6) is -13.0. The van der Waals surface area contributed by atoms with E-state index in [-0.39, 0.29) is 99.9 Å². The van der Waals surface area contributed by atoms with Crippen molar-refractivity contribution in [3.63, 3.8) is 0 Å². The Morgan fingerprint density at radius 1 is 0.331 bits per heavy atom. The smallest absolute Gasteiger partial charge is 0.545 e. The van der Waals surface area contributed by atoms with E-state index in [4.69, 9.17) is 22.9 Å². The Balaban J connectivity index is 0.000000218.